The smallest absolute Gasteiger partial charge is 0.327 e. The molecule has 0 bridgehead atoms. The van der Waals surface area contributed by atoms with Crippen molar-refractivity contribution in [1.82, 2.24) is 15.2 Å². The molecule has 1 amide bonds. The van der Waals surface area contributed by atoms with Gasteiger partial charge in [0.25, 0.3) is 5.91 Å². The van der Waals surface area contributed by atoms with Crippen LogP contribution in [-0.2, 0) is 16.1 Å². The van der Waals surface area contributed by atoms with Gasteiger partial charge in [-0.3, -0.25) is 9.59 Å². The fourth-order valence-corrected chi connectivity index (χ4v) is 2.24. The van der Waals surface area contributed by atoms with Crippen LogP contribution in [0.2, 0.25) is 5.15 Å². The molecule has 0 aliphatic heterocycles. The number of ether oxygens (including phenoxy) is 1. The van der Waals surface area contributed by atoms with E-state index in [0.717, 1.165) is 0 Å². The zero-order valence-electron chi connectivity index (χ0n) is 13.3. The maximum Gasteiger partial charge on any atom is 0.327 e. The second-order valence-electron chi connectivity index (χ2n) is 4.82. The number of esters is 1. The number of aryl methyl sites for hydroxylation is 1. The van der Waals surface area contributed by atoms with Crippen LogP contribution in [0.4, 0.5) is 0 Å². The first kappa shape index (κ1) is 17.7. The lowest BCUT2D eigenvalue weighted by molar-refractivity contribution is -0.144. The van der Waals surface area contributed by atoms with E-state index < -0.39 is 5.97 Å². The van der Waals surface area contributed by atoms with Crippen molar-refractivity contribution < 1.29 is 14.3 Å². The summed E-state index contributed by atoms with van der Waals surface area (Å²) in [7, 11) is 0. The normalized spacial score (nSPS) is 10.8. The highest BCUT2D eigenvalue weighted by Gasteiger charge is 2.15. The molecule has 1 N–H and O–H groups in total. The van der Waals surface area contributed by atoms with Gasteiger partial charge in [-0.1, -0.05) is 29.8 Å². The molecule has 0 saturated carbocycles. The molecule has 0 atom stereocenters. The number of halogens is 1. The van der Waals surface area contributed by atoms with Crippen molar-refractivity contribution in [1.29, 1.82) is 0 Å². The molecule has 0 aliphatic carbocycles. The van der Waals surface area contributed by atoms with Gasteiger partial charge in [0.1, 0.15) is 11.7 Å². The number of rotatable bonds is 6. The third-order valence-corrected chi connectivity index (χ3v) is 3.49. The Labute approximate surface area is 144 Å². The van der Waals surface area contributed by atoms with Gasteiger partial charge in [-0.2, -0.15) is 10.2 Å². The zero-order valence-corrected chi connectivity index (χ0v) is 14.1. The molecular weight excluding hydrogens is 332 g/mol. The van der Waals surface area contributed by atoms with Crippen LogP contribution in [0.3, 0.4) is 0 Å². The van der Waals surface area contributed by atoms with Crippen molar-refractivity contribution in [2.24, 2.45) is 5.10 Å². The summed E-state index contributed by atoms with van der Waals surface area (Å²) >= 11 is 6.19. The minimum absolute atomic E-state index is 0.0856. The van der Waals surface area contributed by atoms with Gasteiger partial charge >= 0.3 is 5.97 Å². The first-order valence-electron chi connectivity index (χ1n) is 7.30. The van der Waals surface area contributed by atoms with Crippen LogP contribution < -0.4 is 5.43 Å². The summed E-state index contributed by atoms with van der Waals surface area (Å²) in [5.41, 5.74) is 4.02. The molecular formula is C16H17ClN4O3. The molecule has 0 saturated heterocycles. The molecule has 0 aliphatic rings. The third kappa shape index (κ3) is 4.42. The highest BCUT2D eigenvalue weighted by molar-refractivity contribution is 6.32. The van der Waals surface area contributed by atoms with Crippen LogP contribution in [0, 0.1) is 6.92 Å². The Morgan fingerprint density at radius 2 is 2.08 bits per heavy atom. The number of amides is 1. The van der Waals surface area contributed by atoms with Crippen LogP contribution in [0.25, 0.3) is 0 Å². The number of nitrogens with one attached hydrogen (secondary N) is 1. The molecule has 2 rings (SSSR count). The molecule has 2 aromatic rings. The predicted octanol–water partition coefficient (Wildman–Crippen LogP) is 2.17. The minimum atomic E-state index is -0.428. The first-order valence-corrected chi connectivity index (χ1v) is 7.67. The van der Waals surface area contributed by atoms with Gasteiger partial charge in [-0.25, -0.2) is 10.1 Å². The summed E-state index contributed by atoms with van der Waals surface area (Å²) in [4.78, 5) is 23.4. The Bertz CT molecular complexity index is 756. The van der Waals surface area contributed by atoms with Gasteiger partial charge < -0.3 is 4.74 Å². The Morgan fingerprint density at radius 3 is 2.75 bits per heavy atom. The van der Waals surface area contributed by atoms with Crippen molar-refractivity contribution in [2.45, 2.75) is 20.4 Å². The highest BCUT2D eigenvalue weighted by atomic mass is 35.5. The molecule has 1 aromatic heterocycles. The van der Waals surface area contributed by atoms with Crippen LogP contribution in [-0.4, -0.2) is 34.5 Å². The van der Waals surface area contributed by atoms with Crippen molar-refractivity contribution >= 4 is 29.7 Å². The number of aromatic nitrogens is 2. The monoisotopic (exact) mass is 348 g/mol. The van der Waals surface area contributed by atoms with Gasteiger partial charge in [-0.05, 0) is 26.0 Å². The lowest BCUT2D eigenvalue weighted by Gasteiger charge is -2.02. The van der Waals surface area contributed by atoms with Gasteiger partial charge in [0.2, 0.25) is 0 Å². The second kappa shape index (κ2) is 8.26. The van der Waals surface area contributed by atoms with Crippen LogP contribution in [0.5, 0.6) is 0 Å². The largest absolute Gasteiger partial charge is 0.465 e. The van der Waals surface area contributed by atoms with Gasteiger partial charge in [0.15, 0.2) is 0 Å². The SMILES string of the molecule is CCOC(=O)Cn1nc(C)c(/C=N/NC(=O)c2ccccc2)c1Cl. The molecule has 0 unspecified atom stereocenters. The summed E-state index contributed by atoms with van der Waals surface area (Å²) in [6, 6.07) is 8.71. The quantitative estimate of drug-likeness (QED) is 0.492. The van der Waals surface area contributed by atoms with E-state index in [1.807, 2.05) is 6.07 Å². The average Bonchev–Trinajstić information content (AvgIpc) is 2.83. The number of hydrazone groups is 1. The number of benzene rings is 1. The Kier molecular flexibility index (Phi) is 6.08. The molecule has 0 radical (unpaired) electrons. The Hall–Kier alpha value is -2.67. The molecule has 8 heteroatoms. The van der Waals surface area contributed by atoms with Gasteiger partial charge in [0, 0.05) is 5.56 Å². The zero-order chi connectivity index (χ0) is 17.5. The van der Waals surface area contributed by atoms with Crippen LogP contribution in [0.1, 0.15) is 28.5 Å². The first-order chi connectivity index (χ1) is 11.5. The fourth-order valence-electron chi connectivity index (χ4n) is 1.96. The number of carbonyl (C=O) groups excluding carboxylic acids is 2. The standard InChI is InChI=1S/C16H17ClN4O3/c1-3-24-14(22)10-21-15(17)13(11(2)20-21)9-18-19-16(23)12-7-5-4-6-8-12/h4-9H,3,10H2,1-2H3,(H,19,23)/b18-9+. The van der Waals surface area contributed by atoms with Crippen LogP contribution >= 0.6 is 11.6 Å². The summed E-state index contributed by atoms with van der Waals surface area (Å²) in [5, 5.41) is 8.31. The van der Waals surface area contributed by atoms with Crippen molar-refractivity contribution in [2.75, 3.05) is 6.61 Å². The van der Waals surface area contributed by atoms with Gasteiger partial charge in [0.05, 0.1) is 24.1 Å². The molecule has 0 spiro atoms. The number of nitrogens with zero attached hydrogens (tertiary/aromatic N) is 3. The molecule has 7 nitrogen and oxygen atoms in total. The summed E-state index contributed by atoms with van der Waals surface area (Å²) in [6.45, 7) is 3.66. The molecule has 0 fully saturated rings. The summed E-state index contributed by atoms with van der Waals surface area (Å²) in [6.07, 6.45) is 1.40. The lowest BCUT2D eigenvalue weighted by Crippen LogP contribution is -2.17. The molecule has 1 aromatic carbocycles. The Balaban J connectivity index is 2.05. The van der Waals surface area contributed by atoms with E-state index >= 15 is 0 Å². The Morgan fingerprint density at radius 1 is 1.38 bits per heavy atom. The fraction of sp³-hybridized carbons (Fsp3) is 0.250. The minimum Gasteiger partial charge on any atom is -0.465 e. The van der Waals surface area contributed by atoms with E-state index in [1.54, 1.807) is 38.1 Å². The average molecular weight is 349 g/mol. The summed E-state index contributed by atoms with van der Waals surface area (Å²) in [5.74, 6) is -0.762. The van der Waals surface area contributed by atoms with E-state index in [0.29, 0.717) is 16.8 Å². The van der Waals surface area contributed by atoms with E-state index in [2.05, 4.69) is 15.6 Å². The molecule has 1 heterocycles. The third-order valence-electron chi connectivity index (χ3n) is 3.09. The van der Waals surface area contributed by atoms with Gasteiger partial charge in [-0.15, -0.1) is 0 Å². The van der Waals surface area contributed by atoms with E-state index in [4.69, 9.17) is 16.3 Å². The van der Waals surface area contributed by atoms with Crippen molar-refractivity contribution in [3.8, 4) is 0 Å². The maximum atomic E-state index is 11.9. The molecule has 126 valence electrons. The van der Waals surface area contributed by atoms with Crippen molar-refractivity contribution in [3.05, 3.63) is 52.3 Å². The maximum absolute atomic E-state index is 11.9. The second-order valence-corrected chi connectivity index (χ2v) is 5.18. The lowest BCUT2D eigenvalue weighted by atomic mass is 10.2. The number of hydrogen-bond donors (Lipinski definition) is 1. The number of carbonyl (C=O) groups is 2. The van der Waals surface area contributed by atoms with E-state index in [9.17, 15) is 9.59 Å². The predicted molar refractivity (Wildman–Crippen MR) is 90.1 cm³/mol. The van der Waals surface area contributed by atoms with Crippen molar-refractivity contribution in [3.63, 3.8) is 0 Å². The van der Waals surface area contributed by atoms with E-state index in [1.165, 1.54) is 10.9 Å². The molecule has 24 heavy (non-hydrogen) atoms. The summed E-state index contributed by atoms with van der Waals surface area (Å²) < 4.78 is 6.19. The van der Waals surface area contributed by atoms with Crippen LogP contribution in [0.15, 0.2) is 35.4 Å². The highest BCUT2D eigenvalue weighted by Crippen LogP contribution is 2.17. The van der Waals surface area contributed by atoms with E-state index in [-0.39, 0.29) is 24.2 Å². The topological polar surface area (TPSA) is 85.6 Å². The number of hydrogen-bond acceptors (Lipinski definition) is 5.